The zero-order chi connectivity index (χ0) is 17.6. The van der Waals surface area contributed by atoms with Crippen molar-refractivity contribution in [3.8, 4) is 0 Å². The van der Waals surface area contributed by atoms with E-state index in [1.165, 1.54) is 0 Å². The molecule has 0 saturated carbocycles. The van der Waals surface area contributed by atoms with Crippen LogP contribution in [0.1, 0.15) is 38.4 Å². The zero-order valence-corrected chi connectivity index (χ0v) is 14.9. The summed E-state index contributed by atoms with van der Waals surface area (Å²) in [4.78, 5) is 30.8. The number of likely N-dealkylation sites (tertiary alicyclic amines) is 1. The normalized spacial score (nSPS) is 21.5. The van der Waals surface area contributed by atoms with Crippen molar-refractivity contribution >= 4 is 11.8 Å². The second-order valence-corrected chi connectivity index (χ2v) is 6.78. The average Bonchev–Trinajstić information content (AvgIpc) is 3.32. The van der Waals surface area contributed by atoms with Gasteiger partial charge in [0.2, 0.25) is 5.91 Å². The zero-order valence-electron chi connectivity index (χ0n) is 14.9. The number of carbonyl (C=O) groups excluding carboxylic acids is 2. The van der Waals surface area contributed by atoms with Crippen LogP contribution in [0.5, 0.6) is 0 Å². The van der Waals surface area contributed by atoms with E-state index < -0.39 is 0 Å². The fourth-order valence-corrected chi connectivity index (χ4v) is 3.64. The van der Waals surface area contributed by atoms with Crippen LogP contribution in [0.4, 0.5) is 0 Å². The molecule has 7 heteroatoms. The molecular formula is C18H28N4O3. The fraction of sp³-hybridized carbons (Fsp3) is 0.722. The van der Waals surface area contributed by atoms with Crippen LogP contribution in [0, 0.1) is 5.92 Å². The van der Waals surface area contributed by atoms with E-state index in [1.807, 2.05) is 11.1 Å². The number of imidazole rings is 1. The van der Waals surface area contributed by atoms with Gasteiger partial charge in [0.1, 0.15) is 11.9 Å². The highest BCUT2D eigenvalue weighted by atomic mass is 16.5. The molecule has 2 aliphatic heterocycles. The molecule has 3 rings (SSSR count). The average molecular weight is 348 g/mol. The van der Waals surface area contributed by atoms with Crippen LogP contribution in [0.2, 0.25) is 0 Å². The van der Waals surface area contributed by atoms with E-state index in [9.17, 15) is 9.59 Å². The van der Waals surface area contributed by atoms with Gasteiger partial charge in [-0.1, -0.05) is 6.92 Å². The van der Waals surface area contributed by atoms with Crippen LogP contribution < -0.4 is 5.32 Å². The number of nitrogens with one attached hydrogen (secondary N) is 1. The minimum atomic E-state index is -0.256. The van der Waals surface area contributed by atoms with Gasteiger partial charge in [0.15, 0.2) is 0 Å². The van der Waals surface area contributed by atoms with Gasteiger partial charge >= 0.3 is 0 Å². The van der Waals surface area contributed by atoms with Gasteiger partial charge in [0.05, 0.1) is 0 Å². The lowest BCUT2D eigenvalue weighted by molar-refractivity contribution is -0.143. The number of hydrogen-bond acceptors (Lipinski definition) is 4. The van der Waals surface area contributed by atoms with Crippen molar-refractivity contribution in [3.05, 3.63) is 18.2 Å². The standard InChI is InChI=1S/C18H28N4O3/c1-2-16-19-7-11-21(16)12-8-20-17(23)14-5-9-22(10-6-14)18(24)15-4-3-13-25-15/h7,11,14-15H,2-6,8-10,12-13H2,1H3,(H,20,23)/t15-/m1/s1. The van der Waals surface area contributed by atoms with Crippen LogP contribution >= 0.6 is 0 Å². The van der Waals surface area contributed by atoms with Crippen molar-refractivity contribution in [2.45, 2.75) is 51.7 Å². The summed E-state index contributed by atoms with van der Waals surface area (Å²) < 4.78 is 7.54. The summed E-state index contributed by atoms with van der Waals surface area (Å²) in [6.07, 6.45) is 7.62. The molecule has 7 nitrogen and oxygen atoms in total. The lowest BCUT2D eigenvalue weighted by Crippen LogP contribution is -2.46. The molecule has 138 valence electrons. The smallest absolute Gasteiger partial charge is 0.251 e. The predicted molar refractivity (Wildman–Crippen MR) is 92.9 cm³/mol. The number of ether oxygens (including phenoxy) is 1. The van der Waals surface area contributed by atoms with Crippen LogP contribution in [0.3, 0.4) is 0 Å². The maximum absolute atomic E-state index is 12.3. The molecule has 0 aliphatic carbocycles. The van der Waals surface area contributed by atoms with Crippen LogP contribution in [-0.4, -0.2) is 58.6 Å². The lowest BCUT2D eigenvalue weighted by atomic mass is 9.95. The maximum Gasteiger partial charge on any atom is 0.251 e. The summed E-state index contributed by atoms with van der Waals surface area (Å²) in [5, 5.41) is 3.03. The number of hydrogen-bond donors (Lipinski definition) is 1. The molecule has 3 heterocycles. The Balaban J connectivity index is 1.38. The monoisotopic (exact) mass is 348 g/mol. The number of rotatable bonds is 6. The van der Waals surface area contributed by atoms with Gasteiger partial charge < -0.3 is 19.5 Å². The summed E-state index contributed by atoms with van der Waals surface area (Å²) in [6.45, 7) is 5.41. The molecule has 2 saturated heterocycles. The van der Waals surface area contributed by atoms with E-state index in [1.54, 1.807) is 6.20 Å². The molecule has 0 radical (unpaired) electrons. The van der Waals surface area contributed by atoms with Crippen molar-refractivity contribution in [2.24, 2.45) is 5.92 Å². The van der Waals surface area contributed by atoms with E-state index in [0.29, 0.717) is 26.2 Å². The van der Waals surface area contributed by atoms with Crippen molar-refractivity contribution in [2.75, 3.05) is 26.2 Å². The van der Waals surface area contributed by atoms with Crippen LogP contribution in [0.15, 0.2) is 12.4 Å². The summed E-state index contributed by atoms with van der Waals surface area (Å²) in [6, 6.07) is 0. The van der Waals surface area contributed by atoms with Crippen molar-refractivity contribution in [1.82, 2.24) is 19.8 Å². The summed E-state index contributed by atoms with van der Waals surface area (Å²) >= 11 is 0. The first kappa shape index (κ1) is 17.9. The summed E-state index contributed by atoms with van der Waals surface area (Å²) in [5.41, 5.74) is 0. The number of amides is 2. The fourth-order valence-electron chi connectivity index (χ4n) is 3.64. The molecule has 1 aromatic heterocycles. The molecule has 2 amide bonds. The SMILES string of the molecule is CCc1nccn1CCNC(=O)C1CCN(C(=O)[C@H]2CCCO2)CC1. The van der Waals surface area contributed by atoms with Gasteiger partial charge in [0.25, 0.3) is 5.91 Å². The van der Waals surface area contributed by atoms with E-state index in [4.69, 9.17) is 4.74 Å². The van der Waals surface area contributed by atoms with Gasteiger partial charge in [-0.15, -0.1) is 0 Å². The van der Waals surface area contributed by atoms with Gasteiger partial charge in [-0.2, -0.15) is 0 Å². The third kappa shape index (κ3) is 4.39. The molecule has 25 heavy (non-hydrogen) atoms. The maximum atomic E-state index is 12.3. The third-order valence-corrected chi connectivity index (χ3v) is 5.15. The number of aromatic nitrogens is 2. The largest absolute Gasteiger partial charge is 0.368 e. The van der Waals surface area contributed by atoms with Crippen molar-refractivity contribution in [1.29, 1.82) is 0 Å². The van der Waals surface area contributed by atoms with E-state index in [0.717, 1.165) is 44.5 Å². The molecule has 1 aromatic rings. The first-order valence-corrected chi connectivity index (χ1v) is 9.37. The first-order chi connectivity index (χ1) is 12.2. The highest BCUT2D eigenvalue weighted by Crippen LogP contribution is 2.21. The number of aryl methyl sites for hydroxylation is 1. The molecule has 2 fully saturated rings. The lowest BCUT2D eigenvalue weighted by Gasteiger charge is -2.32. The molecule has 0 aromatic carbocycles. The molecule has 0 unspecified atom stereocenters. The quantitative estimate of drug-likeness (QED) is 0.831. The van der Waals surface area contributed by atoms with E-state index in [2.05, 4.69) is 21.8 Å². The second-order valence-electron chi connectivity index (χ2n) is 6.78. The van der Waals surface area contributed by atoms with Gasteiger partial charge in [-0.3, -0.25) is 9.59 Å². The van der Waals surface area contributed by atoms with Crippen molar-refractivity contribution in [3.63, 3.8) is 0 Å². The Labute approximate surface area is 148 Å². The summed E-state index contributed by atoms with van der Waals surface area (Å²) in [5.74, 6) is 1.24. The molecular weight excluding hydrogens is 320 g/mol. The first-order valence-electron chi connectivity index (χ1n) is 9.37. The highest BCUT2D eigenvalue weighted by molar-refractivity contribution is 5.82. The van der Waals surface area contributed by atoms with Gasteiger partial charge in [-0.25, -0.2) is 4.98 Å². The van der Waals surface area contributed by atoms with E-state index in [-0.39, 0.29) is 23.8 Å². The van der Waals surface area contributed by atoms with Gasteiger partial charge in [0, 0.05) is 57.5 Å². The van der Waals surface area contributed by atoms with Crippen LogP contribution in [-0.2, 0) is 27.3 Å². The number of piperidine rings is 1. The Morgan fingerprint density at radius 2 is 2.12 bits per heavy atom. The van der Waals surface area contributed by atoms with Gasteiger partial charge in [-0.05, 0) is 25.7 Å². The highest BCUT2D eigenvalue weighted by Gasteiger charge is 2.32. The topological polar surface area (TPSA) is 76.5 Å². The third-order valence-electron chi connectivity index (χ3n) is 5.15. The minimum Gasteiger partial charge on any atom is -0.368 e. The molecule has 1 N–H and O–H groups in total. The number of carbonyl (C=O) groups is 2. The Kier molecular flexibility index (Phi) is 6.07. The minimum absolute atomic E-state index is 0.00183. The molecule has 0 bridgehead atoms. The molecule has 0 spiro atoms. The Morgan fingerprint density at radius 3 is 2.80 bits per heavy atom. The molecule has 2 aliphatic rings. The summed E-state index contributed by atoms with van der Waals surface area (Å²) in [7, 11) is 0. The second kappa shape index (κ2) is 8.47. The van der Waals surface area contributed by atoms with Crippen LogP contribution in [0.25, 0.3) is 0 Å². The Bertz CT molecular complexity index is 587. The van der Waals surface area contributed by atoms with E-state index >= 15 is 0 Å². The van der Waals surface area contributed by atoms with Crippen molar-refractivity contribution < 1.29 is 14.3 Å². The molecule has 1 atom stereocenters. The predicted octanol–water partition coefficient (Wildman–Crippen LogP) is 0.979. The Morgan fingerprint density at radius 1 is 1.32 bits per heavy atom. The number of nitrogens with zero attached hydrogens (tertiary/aromatic N) is 3. The Hall–Kier alpha value is -1.89.